The number of halogens is 1. The summed E-state index contributed by atoms with van der Waals surface area (Å²) in [6.07, 6.45) is 15.8. The van der Waals surface area contributed by atoms with Crippen LogP contribution >= 0.6 is 11.6 Å². The van der Waals surface area contributed by atoms with Crippen molar-refractivity contribution in [2.75, 3.05) is 23.8 Å². The molecule has 4 rings (SSSR count). The summed E-state index contributed by atoms with van der Waals surface area (Å²) in [5, 5.41) is 12.9. The third-order valence-corrected chi connectivity index (χ3v) is 12.2. The Hall–Kier alpha value is -2.58. The number of nitrogens with one attached hydrogen (secondary N) is 1. The third kappa shape index (κ3) is 11.5. The van der Waals surface area contributed by atoms with Gasteiger partial charge in [0, 0.05) is 23.0 Å². The second kappa shape index (κ2) is 20.2. The number of ether oxygens (including phenoxy) is 1. The number of nitrogens with zero attached hydrogens (tertiary/aromatic N) is 1. The summed E-state index contributed by atoms with van der Waals surface area (Å²) in [4.78, 5) is 27.6. The predicted molar refractivity (Wildman–Crippen MR) is 197 cm³/mol. The highest BCUT2D eigenvalue weighted by molar-refractivity contribution is 7.85. The van der Waals surface area contributed by atoms with E-state index in [2.05, 4.69) is 36.2 Å². The number of hydrogen-bond donors (Lipinski definition) is 2. The van der Waals surface area contributed by atoms with E-state index in [1.165, 1.54) is 57.8 Å². The molecular weight excluding hydrogens is 644 g/mol. The molecule has 0 saturated heterocycles. The molecule has 9 heteroatoms. The summed E-state index contributed by atoms with van der Waals surface area (Å²) >= 11 is 6.96. The summed E-state index contributed by atoms with van der Waals surface area (Å²) in [6.45, 7) is 5.67. The highest BCUT2D eigenvalue weighted by Gasteiger charge is 2.33. The number of aliphatic carboxylic acids is 1. The van der Waals surface area contributed by atoms with Crippen molar-refractivity contribution >= 4 is 45.8 Å². The van der Waals surface area contributed by atoms with Crippen molar-refractivity contribution in [1.29, 1.82) is 0 Å². The Morgan fingerprint density at radius 2 is 1.71 bits per heavy atom. The fourth-order valence-electron chi connectivity index (χ4n) is 7.51. The smallest absolute Gasteiger partial charge is 0.407 e. The van der Waals surface area contributed by atoms with Crippen LogP contribution in [-0.4, -0.2) is 46.3 Å². The first-order chi connectivity index (χ1) is 23.3. The first kappa shape index (κ1) is 38.2. The minimum Gasteiger partial charge on any atom is -0.480 e. The zero-order valence-corrected chi connectivity index (χ0v) is 30.7. The summed E-state index contributed by atoms with van der Waals surface area (Å²) < 4.78 is 19.2. The van der Waals surface area contributed by atoms with Gasteiger partial charge in [-0.2, -0.15) is 0 Å². The molecule has 0 aromatic heterocycles. The van der Waals surface area contributed by atoms with Crippen molar-refractivity contribution in [3.63, 3.8) is 0 Å². The van der Waals surface area contributed by atoms with Crippen LogP contribution in [0.25, 0.3) is 0 Å². The van der Waals surface area contributed by atoms with Crippen LogP contribution in [0.4, 0.5) is 16.2 Å². The van der Waals surface area contributed by atoms with Crippen LogP contribution in [-0.2, 0) is 26.8 Å². The van der Waals surface area contributed by atoms with Crippen molar-refractivity contribution in [2.24, 2.45) is 17.8 Å². The second-order valence-electron chi connectivity index (χ2n) is 13.9. The number of hydrogen-bond acceptors (Lipinski definition) is 5. The van der Waals surface area contributed by atoms with E-state index >= 15 is 0 Å². The molecule has 1 heterocycles. The number of para-hydroxylation sites is 1. The van der Waals surface area contributed by atoms with Crippen LogP contribution in [0.15, 0.2) is 47.4 Å². The maximum atomic E-state index is 13.9. The van der Waals surface area contributed by atoms with E-state index in [-0.39, 0.29) is 13.0 Å². The normalized spacial score (nSPS) is 21.2. The van der Waals surface area contributed by atoms with Gasteiger partial charge >= 0.3 is 12.1 Å². The number of unbranched alkanes of at least 4 members (excludes halogenated alkanes) is 6. The number of carbonyl (C=O) groups is 2. The van der Waals surface area contributed by atoms with Gasteiger partial charge in [-0.25, -0.2) is 9.59 Å². The highest BCUT2D eigenvalue weighted by atomic mass is 35.5. The summed E-state index contributed by atoms with van der Waals surface area (Å²) in [5.74, 6) is 1.15. The Bertz CT molecular complexity index is 1320. The molecule has 1 aliphatic heterocycles. The lowest BCUT2D eigenvalue weighted by atomic mass is 9.73. The molecule has 2 N–H and O–H groups in total. The molecule has 1 fully saturated rings. The summed E-state index contributed by atoms with van der Waals surface area (Å²) in [6, 6.07) is 13.0. The average Bonchev–Trinajstić information content (AvgIpc) is 3.09. The molecule has 48 heavy (non-hydrogen) atoms. The molecule has 1 amide bonds. The van der Waals surface area contributed by atoms with E-state index in [1.807, 2.05) is 30.3 Å². The van der Waals surface area contributed by atoms with Crippen molar-refractivity contribution in [1.82, 2.24) is 5.32 Å². The number of rotatable bonds is 15. The number of fused-ring (bicyclic) bond motifs is 1. The van der Waals surface area contributed by atoms with Crippen LogP contribution in [0.1, 0.15) is 116 Å². The van der Waals surface area contributed by atoms with Gasteiger partial charge < -0.3 is 20.1 Å². The molecule has 3 unspecified atom stereocenters. The molecule has 4 atom stereocenters. The van der Waals surface area contributed by atoms with Crippen LogP contribution in [0, 0.1) is 17.8 Å². The number of carboxylic acids is 1. The molecule has 1 aliphatic carbocycles. The topological polar surface area (TPSA) is 95.9 Å². The van der Waals surface area contributed by atoms with Crippen molar-refractivity contribution in [2.45, 2.75) is 128 Å². The Morgan fingerprint density at radius 3 is 2.42 bits per heavy atom. The highest BCUT2D eigenvalue weighted by Crippen LogP contribution is 2.42. The Labute approximate surface area is 296 Å². The van der Waals surface area contributed by atoms with Gasteiger partial charge in [0.05, 0.1) is 28.0 Å². The van der Waals surface area contributed by atoms with Gasteiger partial charge in [0.15, 0.2) is 0 Å². The molecule has 266 valence electrons. The van der Waals surface area contributed by atoms with Crippen LogP contribution in [0.2, 0.25) is 5.02 Å². The molecule has 2 aromatic rings. The summed E-state index contributed by atoms with van der Waals surface area (Å²) in [5.41, 5.74) is 2.65. The van der Waals surface area contributed by atoms with E-state index in [9.17, 15) is 18.9 Å². The van der Waals surface area contributed by atoms with Crippen molar-refractivity contribution in [3.05, 3.63) is 53.1 Å². The first-order valence-corrected chi connectivity index (χ1v) is 20.2. The molecule has 7 nitrogen and oxygen atoms in total. The molecule has 1 saturated carbocycles. The second-order valence-corrected chi connectivity index (χ2v) is 15.9. The number of carboxylic acid groups (broad SMARTS) is 1. The van der Waals surface area contributed by atoms with Gasteiger partial charge in [0.1, 0.15) is 6.04 Å². The largest absolute Gasteiger partial charge is 0.480 e. The van der Waals surface area contributed by atoms with Gasteiger partial charge in [0.2, 0.25) is 0 Å². The minimum absolute atomic E-state index is 0.136. The standard InChI is InChI=1S/C39H57ClN2O5S/c1-3-4-5-6-7-8-15-24-47-39(45)41-35(38(43)44)23-22-31-26-37-36(27-34(31)40)42(32-20-13-10-14-21-32)28-33(30-18-11-9-12-19-30)29(2)17-16-25-48(37)46/h10,13-14,20-21,26-27,29-30,33,35H,3-9,11-12,15-19,22-25,28H2,1-2H3,(H,41,45)(H,43,44)/t29?,33-,35?,48?/m1/s1. The maximum Gasteiger partial charge on any atom is 0.407 e. The number of anilines is 2. The molecule has 0 bridgehead atoms. The van der Waals surface area contributed by atoms with E-state index < -0.39 is 28.9 Å². The Balaban J connectivity index is 1.49. The van der Waals surface area contributed by atoms with Gasteiger partial charge in [0.25, 0.3) is 0 Å². The minimum atomic E-state index is -1.25. The lowest BCUT2D eigenvalue weighted by Crippen LogP contribution is -2.41. The van der Waals surface area contributed by atoms with Gasteiger partial charge in [-0.15, -0.1) is 0 Å². The number of alkyl carbamates (subject to hydrolysis) is 1. The van der Waals surface area contributed by atoms with Crippen LogP contribution in [0.5, 0.6) is 0 Å². The zero-order valence-electron chi connectivity index (χ0n) is 29.1. The van der Waals surface area contributed by atoms with Crippen molar-refractivity contribution in [3.8, 4) is 0 Å². The van der Waals surface area contributed by atoms with Gasteiger partial charge in [-0.3, -0.25) is 4.21 Å². The number of aryl methyl sites for hydroxylation is 1. The zero-order chi connectivity index (χ0) is 34.3. The van der Waals surface area contributed by atoms with E-state index in [1.54, 1.807) is 0 Å². The Morgan fingerprint density at radius 1 is 1.00 bits per heavy atom. The molecule has 0 spiro atoms. The van der Waals surface area contributed by atoms with E-state index in [4.69, 9.17) is 16.3 Å². The van der Waals surface area contributed by atoms with Crippen LogP contribution in [0.3, 0.4) is 0 Å². The SMILES string of the molecule is CCCCCCCCCOC(=O)NC(CCc1cc2c(cc1Cl)N(c1ccccc1)C[C@@H](C1CCCCC1)C(C)CCCS2=O)C(=O)O. The maximum absolute atomic E-state index is 13.9. The monoisotopic (exact) mass is 700 g/mol. The van der Waals surface area contributed by atoms with E-state index in [0.717, 1.165) is 60.5 Å². The molecule has 0 radical (unpaired) electrons. The molecule has 2 aromatic carbocycles. The van der Waals surface area contributed by atoms with Gasteiger partial charge in [-0.05, 0) is 79.7 Å². The third-order valence-electron chi connectivity index (χ3n) is 10.4. The lowest BCUT2D eigenvalue weighted by molar-refractivity contribution is -0.139. The lowest BCUT2D eigenvalue weighted by Gasteiger charge is -2.40. The predicted octanol–water partition coefficient (Wildman–Crippen LogP) is 10.1. The summed E-state index contributed by atoms with van der Waals surface area (Å²) in [7, 11) is -1.25. The molecular formula is C39H57ClN2O5S. The van der Waals surface area contributed by atoms with Crippen LogP contribution < -0.4 is 10.2 Å². The fraction of sp³-hybridized carbons (Fsp3) is 0.641. The van der Waals surface area contributed by atoms with E-state index in [0.29, 0.717) is 35.0 Å². The first-order valence-electron chi connectivity index (χ1n) is 18.5. The van der Waals surface area contributed by atoms with Crippen molar-refractivity contribution < 1.29 is 23.6 Å². The quantitative estimate of drug-likeness (QED) is 0.180. The number of benzene rings is 2. The molecule has 2 aliphatic rings. The fourth-order valence-corrected chi connectivity index (χ4v) is 9.09. The number of carbonyl (C=O) groups excluding carboxylic acids is 1. The van der Waals surface area contributed by atoms with Gasteiger partial charge in [-0.1, -0.05) is 114 Å². The number of amides is 1. The average molecular weight is 701 g/mol. The Kier molecular flexibility index (Phi) is 16.1.